The molecule has 0 bridgehead atoms. The van der Waals surface area contributed by atoms with Crippen molar-refractivity contribution >= 4 is 12.0 Å². The first-order chi connectivity index (χ1) is 8.40. The van der Waals surface area contributed by atoms with E-state index < -0.39 is 0 Å². The predicted molar refractivity (Wildman–Crippen MR) is 68.7 cm³/mol. The van der Waals surface area contributed by atoms with Crippen molar-refractivity contribution in [1.82, 2.24) is 5.32 Å². The number of piperazine rings is 1. The minimum absolute atomic E-state index is 0.132. The van der Waals surface area contributed by atoms with E-state index >= 15 is 0 Å². The molecule has 1 N–H and O–H groups in total. The van der Waals surface area contributed by atoms with Gasteiger partial charge in [-0.25, -0.2) is 0 Å². The lowest BCUT2D eigenvalue weighted by Gasteiger charge is -2.31. The molecule has 1 heterocycles. The lowest BCUT2D eigenvalue weighted by molar-refractivity contribution is -0.109. The van der Waals surface area contributed by atoms with E-state index in [1.165, 1.54) is 16.8 Å². The molecular formula is C14H18N2O. The van der Waals surface area contributed by atoms with Crippen LogP contribution < -0.4 is 10.2 Å². The van der Waals surface area contributed by atoms with Crippen LogP contribution in [0.2, 0.25) is 0 Å². The number of nitrogens with zero attached hydrogens (tertiary/aromatic N) is 1. The zero-order valence-corrected chi connectivity index (χ0v) is 9.98. The first kappa shape index (κ1) is 10.8. The molecule has 1 aliphatic heterocycles. The molecule has 1 fully saturated rings. The van der Waals surface area contributed by atoms with Crippen molar-refractivity contribution in [2.45, 2.75) is 18.8 Å². The molecule has 3 rings (SSSR count). The lowest BCUT2D eigenvalue weighted by atomic mass is 10.0. The maximum atomic E-state index is 11.0. The van der Waals surface area contributed by atoms with Crippen molar-refractivity contribution in [3.05, 3.63) is 29.3 Å². The molecule has 0 saturated carbocycles. The van der Waals surface area contributed by atoms with E-state index in [0.717, 1.165) is 45.3 Å². The van der Waals surface area contributed by atoms with Crippen LogP contribution in [0.3, 0.4) is 0 Å². The minimum atomic E-state index is 0.132. The molecule has 3 nitrogen and oxygen atoms in total. The van der Waals surface area contributed by atoms with E-state index in [0.29, 0.717) is 0 Å². The Bertz CT molecular complexity index is 424. The summed E-state index contributed by atoms with van der Waals surface area (Å²) in [7, 11) is 0. The summed E-state index contributed by atoms with van der Waals surface area (Å²) in [5.74, 6) is 0.132. The number of anilines is 1. The summed E-state index contributed by atoms with van der Waals surface area (Å²) in [6.45, 7) is 4.26. The van der Waals surface area contributed by atoms with Gasteiger partial charge in [0.25, 0.3) is 0 Å². The molecule has 0 aromatic heterocycles. The molecule has 0 radical (unpaired) electrons. The maximum Gasteiger partial charge on any atom is 0.127 e. The Labute approximate surface area is 102 Å². The van der Waals surface area contributed by atoms with Crippen LogP contribution in [-0.2, 0) is 11.2 Å². The standard InChI is InChI=1S/C14H18N2O/c17-10-11-4-5-13-12(11)2-1-3-14(13)16-8-6-15-7-9-16/h1-3,10-11,15H,4-9H2. The highest BCUT2D eigenvalue weighted by atomic mass is 16.1. The van der Waals surface area contributed by atoms with Crippen LogP contribution in [0.4, 0.5) is 5.69 Å². The quantitative estimate of drug-likeness (QED) is 0.778. The Kier molecular flexibility index (Phi) is 2.85. The first-order valence-electron chi connectivity index (χ1n) is 6.43. The normalized spacial score (nSPS) is 23.5. The fraction of sp³-hybridized carbons (Fsp3) is 0.500. The molecule has 1 saturated heterocycles. The number of carbonyl (C=O) groups excluding carboxylic acids is 1. The minimum Gasteiger partial charge on any atom is -0.369 e. The topological polar surface area (TPSA) is 32.3 Å². The van der Waals surface area contributed by atoms with E-state index in [1.807, 2.05) is 0 Å². The van der Waals surface area contributed by atoms with Gasteiger partial charge in [0.1, 0.15) is 6.29 Å². The van der Waals surface area contributed by atoms with Crippen LogP contribution in [0.15, 0.2) is 18.2 Å². The smallest absolute Gasteiger partial charge is 0.127 e. The number of benzene rings is 1. The van der Waals surface area contributed by atoms with Gasteiger partial charge < -0.3 is 15.0 Å². The molecule has 0 spiro atoms. The third-order valence-electron chi connectivity index (χ3n) is 3.91. The van der Waals surface area contributed by atoms with Gasteiger partial charge in [-0.05, 0) is 30.0 Å². The van der Waals surface area contributed by atoms with Crippen LogP contribution in [0.25, 0.3) is 0 Å². The molecule has 90 valence electrons. The number of nitrogens with one attached hydrogen (secondary N) is 1. The Morgan fingerprint density at radius 1 is 1.29 bits per heavy atom. The third kappa shape index (κ3) is 1.84. The van der Waals surface area contributed by atoms with Crippen molar-refractivity contribution in [1.29, 1.82) is 0 Å². The van der Waals surface area contributed by atoms with Crippen molar-refractivity contribution < 1.29 is 4.79 Å². The largest absolute Gasteiger partial charge is 0.369 e. The molecule has 2 aliphatic rings. The molecule has 1 atom stereocenters. The van der Waals surface area contributed by atoms with Crippen molar-refractivity contribution in [3.8, 4) is 0 Å². The van der Waals surface area contributed by atoms with Crippen LogP contribution in [0, 0.1) is 0 Å². The molecular weight excluding hydrogens is 212 g/mol. The molecule has 1 unspecified atom stereocenters. The summed E-state index contributed by atoms with van der Waals surface area (Å²) >= 11 is 0. The fourth-order valence-electron chi connectivity index (χ4n) is 3.01. The zero-order chi connectivity index (χ0) is 11.7. The number of carbonyl (C=O) groups is 1. The Morgan fingerprint density at radius 2 is 2.12 bits per heavy atom. The average Bonchev–Trinajstić information content (AvgIpc) is 2.82. The van der Waals surface area contributed by atoms with Crippen LogP contribution in [0.1, 0.15) is 23.5 Å². The summed E-state index contributed by atoms with van der Waals surface area (Å²) in [6.07, 6.45) is 3.15. The van der Waals surface area contributed by atoms with Gasteiger partial charge in [0, 0.05) is 37.8 Å². The van der Waals surface area contributed by atoms with Gasteiger partial charge in [0.2, 0.25) is 0 Å². The summed E-state index contributed by atoms with van der Waals surface area (Å²) in [6, 6.07) is 6.42. The average molecular weight is 230 g/mol. The van der Waals surface area contributed by atoms with E-state index in [-0.39, 0.29) is 5.92 Å². The van der Waals surface area contributed by atoms with Gasteiger partial charge in [-0.2, -0.15) is 0 Å². The predicted octanol–water partition coefficient (Wildman–Crippen LogP) is 1.32. The zero-order valence-electron chi connectivity index (χ0n) is 9.98. The Balaban J connectivity index is 1.95. The molecule has 0 amide bonds. The highest BCUT2D eigenvalue weighted by Gasteiger charge is 2.26. The van der Waals surface area contributed by atoms with Gasteiger partial charge in [-0.15, -0.1) is 0 Å². The van der Waals surface area contributed by atoms with Crippen molar-refractivity contribution in [3.63, 3.8) is 0 Å². The summed E-state index contributed by atoms with van der Waals surface area (Å²) in [5.41, 5.74) is 4.02. The van der Waals surface area contributed by atoms with Gasteiger partial charge in [0.15, 0.2) is 0 Å². The van der Waals surface area contributed by atoms with Gasteiger partial charge in [0.05, 0.1) is 0 Å². The SMILES string of the molecule is O=CC1CCc2c1cccc2N1CCNCC1. The number of fused-ring (bicyclic) bond motifs is 1. The lowest BCUT2D eigenvalue weighted by Crippen LogP contribution is -2.43. The third-order valence-corrected chi connectivity index (χ3v) is 3.91. The van der Waals surface area contributed by atoms with Crippen LogP contribution >= 0.6 is 0 Å². The molecule has 1 aromatic rings. The maximum absolute atomic E-state index is 11.0. The molecule has 3 heteroatoms. The summed E-state index contributed by atoms with van der Waals surface area (Å²) < 4.78 is 0. The number of hydrogen-bond acceptors (Lipinski definition) is 3. The molecule has 17 heavy (non-hydrogen) atoms. The van der Waals surface area contributed by atoms with Gasteiger partial charge >= 0.3 is 0 Å². The molecule has 1 aromatic carbocycles. The van der Waals surface area contributed by atoms with Crippen molar-refractivity contribution in [2.75, 3.05) is 31.1 Å². The van der Waals surface area contributed by atoms with E-state index in [2.05, 4.69) is 28.4 Å². The summed E-state index contributed by atoms with van der Waals surface area (Å²) in [5, 5.41) is 3.37. The highest BCUT2D eigenvalue weighted by molar-refractivity contribution is 5.70. The Hall–Kier alpha value is -1.35. The second kappa shape index (κ2) is 4.49. The second-order valence-corrected chi connectivity index (χ2v) is 4.86. The van der Waals surface area contributed by atoms with E-state index in [1.54, 1.807) is 0 Å². The monoisotopic (exact) mass is 230 g/mol. The summed E-state index contributed by atoms with van der Waals surface area (Å²) in [4.78, 5) is 13.5. The number of rotatable bonds is 2. The fourth-order valence-corrected chi connectivity index (χ4v) is 3.01. The van der Waals surface area contributed by atoms with Crippen LogP contribution in [-0.4, -0.2) is 32.5 Å². The van der Waals surface area contributed by atoms with Gasteiger partial charge in [-0.3, -0.25) is 0 Å². The number of aldehydes is 1. The Morgan fingerprint density at radius 3 is 2.88 bits per heavy atom. The van der Waals surface area contributed by atoms with Crippen LogP contribution in [0.5, 0.6) is 0 Å². The number of hydrogen-bond donors (Lipinski definition) is 1. The van der Waals surface area contributed by atoms with E-state index in [9.17, 15) is 4.79 Å². The van der Waals surface area contributed by atoms with Gasteiger partial charge in [-0.1, -0.05) is 12.1 Å². The second-order valence-electron chi connectivity index (χ2n) is 4.86. The first-order valence-corrected chi connectivity index (χ1v) is 6.43. The van der Waals surface area contributed by atoms with Crippen molar-refractivity contribution in [2.24, 2.45) is 0 Å². The van der Waals surface area contributed by atoms with E-state index in [4.69, 9.17) is 0 Å². The highest BCUT2D eigenvalue weighted by Crippen LogP contribution is 2.37. The molecule has 1 aliphatic carbocycles.